The lowest BCUT2D eigenvalue weighted by molar-refractivity contribution is 0.0895. The highest BCUT2D eigenvalue weighted by Crippen LogP contribution is 2.33. The lowest BCUT2D eigenvalue weighted by Crippen LogP contribution is -2.27. The number of carbonyl (C=O) groups is 1. The van der Waals surface area contributed by atoms with E-state index in [0.29, 0.717) is 11.9 Å². The van der Waals surface area contributed by atoms with E-state index in [9.17, 15) is 4.79 Å². The minimum absolute atomic E-state index is 0.0273. The van der Waals surface area contributed by atoms with Gasteiger partial charge >= 0.3 is 11.8 Å². The largest absolute Gasteiger partial charge is 0.365 e. The quantitative estimate of drug-likeness (QED) is 0.326. The Morgan fingerprint density at radius 3 is 2.56 bits per heavy atom. The van der Waals surface area contributed by atoms with Crippen LogP contribution in [-0.2, 0) is 5.41 Å². The molecule has 1 aliphatic rings. The maximum absolute atomic E-state index is 12.6. The van der Waals surface area contributed by atoms with E-state index in [1.807, 2.05) is 45.9 Å². The summed E-state index contributed by atoms with van der Waals surface area (Å²) in [6.07, 6.45) is 7.96. The van der Waals surface area contributed by atoms with Crippen LogP contribution in [0.15, 0.2) is 41.1 Å². The number of amides is 1. The summed E-state index contributed by atoms with van der Waals surface area (Å²) in [5, 5.41) is 19.1. The number of pyridine rings is 1. The third-order valence-corrected chi connectivity index (χ3v) is 6.77. The first-order chi connectivity index (χ1) is 17.3. The smallest absolute Gasteiger partial charge is 0.315 e. The fraction of sp³-hybridized carbons (Fsp3) is 0.444. The third-order valence-electron chi connectivity index (χ3n) is 6.77. The van der Waals surface area contributed by atoms with Crippen molar-refractivity contribution in [2.45, 2.75) is 77.3 Å². The van der Waals surface area contributed by atoms with Crippen LogP contribution in [-0.4, -0.2) is 37.3 Å². The Hall–Kier alpha value is -3.75. The highest BCUT2D eigenvalue weighted by atomic mass is 16.5. The van der Waals surface area contributed by atoms with Crippen LogP contribution in [0.1, 0.15) is 87.9 Å². The number of H-pyrrole nitrogens is 1. The number of benzene rings is 1. The Morgan fingerprint density at radius 2 is 1.86 bits per heavy atom. The number of aromatic amines is 1. The molecule has 1 aliphatic carbocycles. The van der Waals surface area contributed by atoms with Gasteiger partial charge < -0.3 is 15.2 Å². The molecule has 0 radical (unpaired) electrons. The second kappa shape index (κ2) is 9.72. The van der Waals surface area contributed by atoms with Crippen molar-refractivity contribution in [2.24, 2.45) is 0 Å². The van der Waals surface area contributed by atoms with E-state index in [1.165, 1.54) is 32.1 Å². The van der Waals surface area contributed by atoms with Gasteiger partial charge in [0.25, 0.3) is 0 Å². The number of aromatic nitrogens is 5. The van der Waals surface area contributed by atoms with Crippen LogP contribution in [0.2, 0.25) is 0 Å². The monoisotopic (exact) mass is 487 g/mol. The minimum Gasteiger partial charge on any atom is -0.365 e. The van der Waals surface area contributed by atoms with Crippen molar-refractivity contribution in [3.8, 4) is 11.1 Å². The molecular weight excluding hydrogens is 454 g/mol. The zero-order chi connectivity index (χ0) is 25.3. The van der Waals surface area contributed by atoms with Gasteiger partial charge in [-0.3, -0.25) is 9.89 Å². The molecule has 188 valence electrons. The molecular formula is C27H33N7O2. The van der Waals surface area contributed by atoms with Crippen LogP contribution in [0.3, 0.4) is 0 Å². The zero-order valence-electron chi connectivity index (χ0n) is 21.3. The molecule has 3 heterocycles. The minimum atomic E-state index is -0.387. The van der Waals surface area contributed by atoms with Gasteiger partial charge in [0.15, 0.2) is 17.3 Å². The number of rotatable bonds is 6. The molecule has 9 nitrogen and oxygen atoms in total. The van der Waals surface area contributed by atoms with Gasteiger partial charge in [-0.15, -0.1) is 0 Å². The van der Waals surface area contributed by atoms with Gasteiger partial charge in [0, 0.05) is 17.7 Å². The molecule has 1 aromatic carbocycles. The number of hydrogen-bond donors (Lipinski definition) is 3. The molecule has 36 heavy (non-hydrogen) atoms. The van der Waals surface area contributed by atoms with Gasteiger partial charge in [-0.05, 0) is 42.5 Å². The summed E-state index contributed by atoms with van der Waals surface area (Å²) >= 11 is 0. The predicted molar refractivity (Wildman–Crippen MR) is 139 cm³/mol. The number of anilines is 1. The molecule has 3 aromatic heterocycles. The molecule has 0 spiro atoms. The zero-order valence-corrected chi connectivity index (χ0v) is 21.3. The van der Waals surface area contributed by atoms with E-state index in [4.69, 9.17) is 4.52 Å². The highest BCUT2D eigenvalue weighted by molar-refractivity contribution is 6.00. The second-order valence-electron chi connectivity index (χ2n) is 10.6. The van der Waals surface area contributed by atoms with E-state index >= 15 is 0 Å². The molecule has 1 saturated carbocycles. The molecule has 0 saturated heterocycles. The fourth-order valence-electron chi connectivity index (χ4n) is 4.65. The molecule has 1 atom stereocenters. The van der Waals surface area contributed by atoms with Crippen molar-refractivity contribution >= 4 is 22.8 Å². The average Bonchev–Trinajstić information content (AvgIpc) is 3.53. The molecule has 0 bridgehead atoms. The SMILES string of the molecule is CC(NC(=O)c1nc(C(C)(C)C)no1)c1ccc(-c2ccnc3[nH]nc(NC4CCCCC4)c23)cc1. The molecule has 1 amide bonds. The summed E-state index contributed by atoms with van der Waals surface area (Å²) in [6, 6.07) is 10.4. The van der Waals surface area contributed by atoms with E-state index in [0.717, 1.165) is 33.5 Å². The van der Waals surface area contributed by atoms with Crippen LogP contribution in [0.25, 0.3) is 22.2 Å². The van der Waals surface area contributed by atoms with Crippen LogP contribution >= 0.6 is 0 Å². The Morgan fingerprint density at radius 1 is 1.11 bits per heavy atom. The topological polar surface area (TPSA) is 122 Å². The average molecular weight is 488 g/mol. The molecule has 3 N–H and O–H groups in total. The Bertz CT molecular complexity index is 1340. The van der Waals surface area contributed by atoms with Crippen LogP contribution in [0.4, 0.5) is 5.82 Å². The molecule has 4 aromatic rings. The number of carbonyl (C=O) groups excluding carboxylic acids is 1. The van der Waals surface area contributed by atoms with Crippen molar-refractivity contribution in [1.29, 1.82) is 0 Å². The van der Waals surface area contributed by atoms with Gasteiger partial charge in [-0.1, -0.05) is 69.5 Å². The summed E-state index contributed by atoms with van der Waals surface area (Å²) in [6.45, 7) is 7.84. The highest BCUT2D eigenvalue weighted by Gasteiger charge is 2.25. The first kappa shape index (κ1) is 24.0. The summed E-state index contributed by atoms with van der Waals surface area (Å²) < 4.78 is 5.17. The molecule has 5 rings (SSSR count). The van der Waals surface area contributed by atoms with Crippen LogP contribution in [0, 0.1) is 0 Å². The number of fused-ring (bicyclic) bond motifs is 1. The normalized spacial score (nSPS) is 15.7. The standard InChI is InChI=1S/C27H33N7O2/c1-16(29-24(35)25-31-26(34-36-25)27(2,3)4)17-10-12-18(13-11-17)20-14-15-28-22-21(20)23(33-32-22)30-19-8-6-5-7-9-19/h10-16,19H,5-9H2,1-4H3,(H,29,35)(H2,28,30,32,33). The number of nitrogens with zero attached hydrogens (tertiary/aromatic N) is 4. The van der Waals surface area contributed by atoms with Crippen LogP contribution < -0.4 is 10.6 Å². The van der Waals surface area contributed by atoms with E-state index in [1.54, 1.807) is 6.20 Å². The molecule has 0 aliphatic heterocycles. The summed E-state index contributed by atoms with van der Waals surface area (Å²) in [5.41, 5.74) is 3.58. The molecule has 1 unspecified atom stereocenters. The van der Waals surface area contributed by atoms with Crippen molar-refractivity contribution in [3.05, 3.63) is 53.8 Å². The fourth-order valence-corrected chi connectivity index (χ4v) is 4.65. The predicted octanol–water partition coefficient (Wildman–Crippen LogP) is 5.54. The lowest BCUT2D eigenvalue weighted by Gasteiger charge is -2.23. The van der Waals surface area contributed by atoms with Crippen molar-refractivity contribution in [1.82, 2.24) is 30.6 Å². The number of nitrogens with one attached hydrogen (secondary N) is 3. The summed E-state index contributed by atoms with van der Waals surface area (Å²) in [5.74, 6) is 0.951. The Kier molecular flexibility index (Phi) is 6.47. The Labute approximate surface area is 210 Å². The van der Waals surface area contributed by atoms with E-state index in [-0.39, 0.29) is 23.3 Å². The third kappa shape index (κ3) is 4.96. The van der Waals surface area contributed by atoms with E-state index in [2.05, 4.69) is 48.1 Å². The summed E-state index contributed by atoms with van der Waals surface area (Å²) in [4.78, 5) is 21.4. The first-order valence-electron chi connectivity index (χ1n) is 12.6. The van der Waals surface area contributed by atoms with Crippen molar-refractivity contribution < 1.29 is 9.32 Å². The van der Waals surface area contributed by atoms with Gasteiger partial charge in [0.2, 0.25) is 0 Å². The van der Waals surface area contributed by atoms with Gasteiger partial charge in [-0.25, -0.2) is 4.98 Å². The maximum Gasteiger partial charge on any atom is 0.315 e. The molecule has 9 heteroatoms. The van der Waals surface area contributed by atoms with Crippen LogP contribution in [0.5, 0.6) is 0 Å². The second-order valence-corrected chi connectivity index (χ2v) is 10.6. The van der Waals surface area contributed by atoms with Crippen molar-refractivity contribution in [2.75, 3.05) is 5.32 Å². The summed E-state index contributed by atoms with van der Waals surface area (Å²) in [7, 11) is 0. The van der Waals surface area contributed by atoms with E-state index < -0.39 is 0 Å². The Balaban J connectivity index is 1.33. The van der Waals surface area contributed by atoms with Gasteiger partial charge in [-0.2, -0.15) is 10.1 Å². The lowest BCUT2D eigenvalue weighted by atomic mass is 9.95. The number of hydrogen-bond acceptors (Lipinski definition) is 7. The molecule has 1 fully saturated rings. The maximum atomic E-state index is 12.6. The van der Waals surface area contributed by atoms with Crippen molar-refractivity contribution in [3.63, 3.8) is 0 Å². The first-order valence-corrected chi connectivity index (χ1v) is 12.6. The van der Waals surface area contributed by atoms with Gasteiger partial charge in [0.05, 0.1) is 11.4 Å². The van der Waals surface area contributed by atoms with Gasteiger partial charge in [0.1, 0.15) is 0 Å².